The molecule has 3 N–H and O–H groups in total. The lowest BCUT2D eigenvalue weighted by atomic mass is 9.60. The number of rotatable bonds is 7. The highest BCUT2D eigenvalue weighted by atomic mass is 16.6. The number of ether oxygens (including phenoxy) is 3. The summed E-state index contributed by atoms with van der Waals surface area (Å²) in [5.74, 6) is -1.68. The quantitative estimate of drug-likeness (QED) is 0.273. The Morgan fingerprint density at radius 3 is 2.39 bits per heavy atom. The van der Waals surface area contributed by atoms with Crippen molar-refractivity contribution in [1.82, 2.24) is 5.43 Å². The van der Waals surface area contributed by atoms with Gasteiger partial charge in [-0.1, -0.05) is 36.4 Å². The predicted molar refractivity (Wildman–Crippen MR) is 159 cm³/mol. The molecule has 11 heteroatoms. The van der Waals surface area contributed by atoms with E-state index in [1.54, 1.807) is 67.8 Å². The smallest absolute Gasteiger partial charge is 0.428 e. The van der Waals surface area contributed by atoms with Crippen molar-refractivity contribution in [2.45, 2.75) is 38.1 Å². The van der Waals surface area contributed by atoms with Crippen LogP contribution in [-0.2, 0) is 20.9 Å². The lowest BCUT2D eigenvalue weighted by Crippen LogP contribution is -2.55. The molecule has 3 aromatic rings. The van der Waals surface area contributed by atoms with Crippen LogP contribution in [0.25, 0.3) is 0 Å². The molecular weight excluding hydrogens is 566 g/mol. The molecule has 3 aromatic carbocycles. The van der Waals surface area contributed by atoms with Crippen LogP contribution < -0.4 is 19.8 Å². The number of nitrogens with zero attached hydrogens (tertiary/aromatic N) is 2. The largest absolute Gasteiger partial charge is 0.497 e. The highest BCUT2D eigenvalue weighted by molar-refractivity contribution is 6.22. The number of methoxy groups -OCH3 is 1. The average Bonchev–Trinajstić information content (AvgIpc) is 3.30. The lowest BCUT2D eigenvalue weighted by molar-refractivity contribution is -0.132. The number of carbonyl (C=O) groups excluding carboxylic acids is 3. The molecule has 6 atom stereocenters. The number of carbonyl (C=O) groups is 3. The highest BCUT2D eigenvalue weighted by Crippen LogP contribution is 2.50. The molecule has 0 spiro atoms. The number of nitrogens with one attached hydrogen (secondary N) is 1. The summed E-state index contributed by atoms with van der Waals surface area (Å²) in [5, 5.41) is 26.1. The minimum atomic E-state index is -1.24. The third-order valence-electron chi connectivity index (χ3n) is 8.65. The van der Waals surface area contributed by atoms with Gasteiger partial charge in [-0.2, -0.15) is 5.10 Å². The molecule has 2 saturated carbocycles. The van der Waals surface area contributed by atoms with Crippen LogP contribution in [0.5, 0.6) is 17.2 Å². The molecule has 6 rings (SSSR count). The minimum Gasteiger partial charge on any atom is -0.497 e. The van der Waals surface area contributed by atoms with Gasteiger partial charge in [0, 0.05) is 30.0 Å². The summed E-state index contributed by atoms with van der Waals surface area (Å²) in [7, 11) is 1.56. The highest BCUT2D eigenvalue weighted by Gasteiger charge is 2.60. The van der Waals surface area contributed by atoms with Gasteiger partial charge in [-0.15, -0.1) is 0 Å². The molecule has 1 saturated heterocycles. The second-order valence-electron chi connectivity index (χ2n) is 11.2. The number of fused-ring (bicyclic) bond motifs is 3. The van der Waals surface area contributed by atoms with Gasteiger partial charge in [0.05, 0.1) is 36.8 Å². The molecule has 0 radical (unpaired) electrons. The molecule has 3 aliphatic rings. The Labute approximate surface area is 254 Å². The first kappa shape index (κ1) is 29.3. The predicted octanol–water partition coefficient (Wildman–Crippen LogP) is 4.03. The Bertz CT molecular complexity index is 1560. The molecule has 2 aliphatic carbocycles. The van der Waals surface area contributed by atoms with Gasteiger partial charge in [0.1, 0.15) is 23.9 Å². The Balaban J connectivity index is 1.17. The van der Waals surface area contributed by atoms with Gasteiger partial charge in [-0.25, -0.2) is 15.1 Å². The summed E-state index contributed by atoms with van der Waals surface area (Å²) in [4.78, 5) is 41.1. The van der Waals surface area contributed by atoms with E-state index >= 15 is 0 Å². The van der Waals surface area contributed by atoms with Crippen molar-refractivity contribution in [2.75, 3.05) is 12.0 Å². The van der Waals surface area contributed by atoms with E-state index in [-0.39, 0.29) is 18.9 Å². The Hall–Kier alpha value is -4.74. The minimum absolute atomic E-state index is 0.0157. The van der Waals surface area contributed by atoms with Crippen LogP contribution in [0.3, 0.4) is 0 Å². The summed E-state index contributed by atoms with van der Waals surface area (Å²) in [6.45, 7) is 0.0157. The Morgan fingerprint density at radius 1 is 0.909 bits per heavy atom. The van der Waals surface area contributed by atoms with Crippen LogP contribution in [0, 0.1) is 23.7 Å². The fourth-order valence-corrected chi connectivity index (χ4v) is 6.58. The first-order chi connectivity index (χ1) is 21.3. The zero-order valence-electron chi connectivity index (χ0n) is 24.0. The van der Waals surface area contributed by atoms with Crippen LogP contribution in [0.4, 0.5) is 10.5 Å². The van der Waals surface area contributed by atoms with Gasteiger partial charge >= 0.3 is 6.09 Å². The second-order valence-corrected chi connectivity index (χ2v) is 11.2. The first-order valence-corrected chi connectivity index (χ1v) is 14.5. The first-order valence-electron chi connectivity index (χ1n) is 14.5. The number of hydrogen-bond acceptors (Lipinski definition) is 9. The molecule has 1 aliphatic heterocycles. The van der Waals surface area contributed by atoms with E-state index in [0.717, 1.165) is 10.5 Å². The van der Waals surface area contributed by atoms with Gasteiger partial charge in [0.2, 0.25) is 11.8 Å². The zero-order chi connectivity index (χ0) is 30.8. The molecule has 228 valence electrons. The number of imide groups is 1. The summed E-state index contributed by atoms with van der Waals surface area (Å²) in [6, 6.07) is 23.0. The van der Waals surface area contributed by atoms with E-state index < -0.39 is 47.9 Å². The van der Waals surface area contributed by atoms with Gasteiger partial charge < -0.3 is 24.4 Å². The van der Waals surface area contributed by atoms with Crippen LogP contribution in [0.2, 0.25) is 0 Å². The molecule has 0 bridgehead atoms. The van der Waals surface area contributed by atoms with Crippen LogP contribution >= 0.6 is 0 Å². The van der Waals surface area contributed by atoms with Crippen LogP contribution in [0.15, 0.2) is 84.0 Å². The van der Waals surface area contributed by atoms with Crippen molar-refractivity contribution in [1.29, 1.82) is 0 Å². The number of anilines is 1. The number of aliphatic hydroxyl groups is 2. The number of para-hydroxylation sites is 1. The summed E-state index contributed by atoms with van der Waals surface area (Å²) in [6.07, 6.45) is -2.36. The van der Waals surface area contributed by atoms with E-state index in [4.69, 9.17) is 14.2 Å². The molecule has 44 heavy (non-hydrogen) atoms. The van der Waals surface area contributed by atoms with E-state index in [1.807, 2.05) is 18.2 Å². The summed E-state index contributed by atoms with van der Waals surface area (Å²) >= 11 is 0. The van der Waals surface area contributed by atoms with Crippen LogP contribution in [0.1, 0.15) is 24.8 Å². The van der Waals surface area contributed by atoms with Gasteiger partial charge in [0.15, 0.2) is 0 Å². The monoisotopic (exact) mass is 599 g/mol. The third-order valence-corrected chi connectivity index (χ3v) is 8.65. The molecule has 0 aromatic heterocycles. The number of benzene rings is 3. The molecule has 3 amide bonds. The standard InChI is InChI=1S/C33H33N3O8/c1-42-21-12-10-19(11-13-21)18-43-33(41)35-34-26-17-27(37)30(38)28-24(26)14-15-25-29(28)32(40)36(31(25)39)20-6-5-9-23(16-20)44-22-7-3-2-4-8-22/h2-13,16,24-25,27-30,37-38H,14-15,17-18H2,1H3,(H,35,41)/b34-26+/t24-,25+,27+,28-,29+,30+/m0/s1. The van der Waals surface area contributed by atoms with Crippen molar-refractivity contribution >= 4 is 29.3 Å². The summed E-state index contributed by atoms with van der Waals surface area (Å²) < 4.78 is 16.3. The Kier molecular flexibility index (Phi) is 8.32. The van der Waals surface area contributed by atoms with E-state index in [2.05, 4.69) is 10.5 Å². The fourth-order valence-electron chi connectivity index (χ4n) is 6.58. The van der Waals surface area contributed by atoms with E-state index in [1.165, 1.54) is 0 Å². The van der Waals surface area contributed by atoms with Crippen molar-refractivity contribution in [2.24, 2.45) is 28.8 Å². The Morgan fingerprint density at radius 2 is 1.64 bits per heavy atom. The SMILES string of the molecule is COc1ccc(COC(=O)N/N=C2\C[C@@H](O)[C@@H](O)[C@@H]3[C@@H]4C(=O)N(c5cccc(Oc6ccccc6)c5)C(=O)[C@@H]4CC[C@@H]23)cc1. The lowest BCUT2D eigenvalue weighted by Gasteiger charge is -2.45. The maximum Gasteiger partial charge on any atom is 0.428 e. The van der Waals surface area contributed by atoms with Crippen LogP contribution in [-0.4, -0.2) is 53.2 Å². The number of hydrogen-bond donors (Lipinski definition) is 3. The van der Waals surface area contributed by atoms with Gasteiger partial charge in [0.25, 0.3) is 0 Å². The van der Waals surface area contributed by atoms with Crippen molar-refractivity contribution in [3.05, 3.63) is 84.4 Å². The second kappa shape index (κ2) is 12.5. The maximum absolute atomic E-state index is 13.9. The molecular formula is C33H33N3O8. The molecule has 0 unspecified atom stereocenters. The normalized spacial score (nSPS) is 27.0. The summed E-state index contributed by atoms with van der Waals surface area (Å²) in [5.41, 5.74) is 3.97. The number of aliphatic hydroxyl groups excluding tert-OH is 2. The van der Waals surface area contributed by atoms with E-state index in [0.29, 0.717) is 41.5 Å². The van der Waals surface area contributed by atoms with Crippen molar-refractivity contribution in [3.63, 3.8) is 0 Å². The zero-order valence-corrected chi connectivity index (χ0v) is 24.0. The third kappa shape index (κ3) is 5.76. The number of amides is 3. The maximum atomic E-state index is 13.9. The van der Waals surface area contributed by atoms with E-state index in [9.17, 15) is 24.6 Å². The van der Waals surface area contributed by atoms with Gasteiger partial charge in [-0.3, -0.25) is 9.59 Å². The molecule has 3 fully saturated rings. The molecule has 11 nitrogen and oxygen atoms in total. The van der Waals surface area contributed by atoms with Crippen molar-refractivity contribution < 1.29 is 38.8 Å². The average molecular weight is 600 g/mol. The molecule has 1 heterocycles. The fraction of sp³-hybridized carbons (Fsp3) is 0.333. The van der Waals surface area contributed by atoms with Crippen molar-refractivity contribution in [3.8, 4) is 17.2 Å². The number of hydrazone groups is 1. The topological polar surface area (TPSA) is 147 Å². The van der Waals surface area contributed by atoms with Gasteiger partial charge in [-0.05, 0) is 54.8 Å².